The van der Waals surface area contributed by atoms with E-state index in [2.05, 4.69) is 32.1 Å². The smallest absolute Gasteiger partial charge is 0.233 e. The average Bonchev–Trinajstić information content (AvgIpc) is 3.14. The number of fused-ring (bicyclic) bond motifs is 1. The quantitative estimate of drug-likeness (QED) is 0.516. The Balaban J connectivity index is 2.00. The summed E-state index contributed by atoms with van der Waals surface area (Å²) in [7, 11) is 0. The minimum Gasteiger partial charge on any atom is -0.353 e. The Morgan fingerprint density at radius 3 is 2.71 bits per heavy atom. The van der Waals surface area contributed by atoms with Gasteiger partial charge in [-0.05, 0) is 39.1 Å². The van der Waals surface area contributed by atoms with Crippen LogP contribution in [0.5, 0.6) is 0 Å². The van der Waals surface area contributed by atoms with Crippen LogP contribution in [0.15, 0.2) is 27.9 Å². The van der Waals surface area contributed by atoms with Gasteiger partial charge in [0.2, 0.25) is 5.91 Å². The second-order valence-electron chi connectivity index (χ2n) is 5.81. The molecule has 0 aromatic carbocycles. The third-order valence-corrected chi connectivity index (χ3v) is 6.25. The second kappa shape index (κ2) is 7.21. The molecule has 1 amide bonds. The Labute approximate surface area is 153 Å². The van der Waals surface area contributed by atoms with Gasteiger partial charge in [0.1, 0.15) is 15.7 Å². The third-order valence-electron chi connectivity index (χ3n) is 3.39. The van der Waals surface area contributed by atoms with E-state index in [0.29, 0.717) is 0 Å². The summed E-state index contributed by atoms with van der Waals surface area (Å²) in [5, 5.41) is 8.90. The first-order valence-corrected chi connectivity index (χ1v) is 10.4. The summed E-state index contributed by atoms with van der Waals surface area (Å²) in [6.45, 7) is 7.75. The predicted molar refractivity (Wildman–Crippen MR) is 104 cm³/mol. The first kappa shape index (κ1) is 17.4. The summed E-state index contributed by atoms with van der Waals surface area (Å²) in [5.74, 6) is 0.772. The Morgan fingerprint density at radius 2 is 2.04 bits per heavy atom. The molecule has 0 spiro atoms. The number of carbonyl (C=O) groups is 1. The lowest BCUT2D eigenvalue weighted by Crippen LogP contribution is -2.35. The van der Waals surface area contributed by atoms with Gasteiger partial charge in [-0.2, -0.15) is 0 Å². The number of amides is 1. The number of nitrogens with zero attached hydrogens (tertiary/aromatic N) is 2. The molecule has 24 heavy (non-hydrogen) atoms. The molecule has 1 N–H and O–H groups in total. The second-order valence-corrected chi connectivity index (χ2v) is 8.94. The summed E-state index contributed by atoms with van der Waals surface area (Å²) in [6.07, 6.45) is 0. The maximum atomic E-state index is 12.3. The molecule has 0 unspecified atom stereocenters. The van der Waals surface area contributed by atoms with Crippen LogP contribution in [0.1, 0.15) is 26.6 Å². The Bertz CT molecular complexity index is 855. The van der Waals surface area contributed by atoms with Crippen molar-refractivity contribution in [2.45, 2.75) is 44.0 Å². The fourth-order valence-corrected chi connectivity index (χ4v) is 5.22. The van der Waals surface area contributed by atoms with Crippen LogP contribution in [-0.2, 0) is 4.79 Å². The van der Waals surface area contributed by atoms with Gasteiger partial charge in [0.05, 0.1) is 10.6 Å². The number of aromatic nitrogens is 2. The molecule has 0 aliphatic rings. The van der Waals surface area contributed by atoms with E-state index in [0.717, 1.165) is 26.6 Å². The largest absolute Gasteiger partial charge is 0.353 e. The molecule has 0 saturated carbocycles. The summed E-state index contributed by atoms with van der Waals surface area (Å²) >= 11 is 4.83. The molecule has 126 valence electrons. The summed E-state index contributed by atoms with van der Waals surface area (Å²) in [5.41, 5.74) is 1.16. The molecule has 0 fully saturated rings. The number of hydrogen-bond acceptors (Lipinski definition) is 6. The van der Waals surface area contributed by atoms with E-state index >= 15 is 0 Å². The monoisotopic (exact) mass is 377 g/mol. The van der Waals surface area contributed by atoms with E-state index in [9.17, 15) is 4.79 Å². The van der Waals surface area contributed by atoms with Gasteiger partial charge in [-0.3, -0.25) is 4.79 Å². The van der Waals surface area contributed by atoms with Crippen LogP contribution in [0.4, 0.5) is 0 Å². The number of thiophene rings is 2. The number of rotatable bonds is 5. The average molecular weight is 378 g/mol. The van der Waals surface area contributed by atoms with Gasteiger partial charge in [-0.25, -0.2) is 9.97 Å². The lowest BCUT2D eigenvalue weighted by molar-refractivity contribution is -0.120. The summed E-state index contributed by atoms with van der Waals surface area (Å²) in [4.78, 5) is 23.6. The Hall–Kier alpha value is -1.44. The first-order valence-electron chi connectivity index (χ1n) is 7.72. The van der Waals surface area contributed by atoms with Crippen molar-refractivity contribution in [1.82, 2.24) is 15.3 Å². The van der Waals surface area contributed by atoms with Crippen molar-refractivity contribution in [3.63, 3.8) is 0 Å². The molecule has 0 aliphatic heterocycles. The highest BCUT2D eigenvalue weighted by atomic mass is 32.2. The van der Waals surface area contributed by atoms with Crippen molar-refractivity contribution in [3.8, 4) is 10.4 Å². The molecule has 4 nitrogen and oxygen atoms in total. The van der Waals surface area contributed by atoms with Crippen LogP contribution < -0.4 is 5.32 Å². The number of nitrogens with one attached hydrogen (secondary N) is 1. The highest BCUT2D eigenvalue weighted by Gasteiger charge is 2.21. The van der Waals surface area contributed by atoms with Crippen molar-refractivity contribution in [2.24, 2.45) is 0 Å². The fourth-order valence-electron chi connectivity index (χ4n) is 2.33. The molecule has 3 heterocycles. The number of carbonyl (C=O) groups excluding carboxylic acids is 1. The third kappa shape index (κ3) is 3.63. The van der Waals surface area contributed by atoms with Crippen molar-refractivity contribution in [3.05, 3.63) is 28.7 Å². The molecule has 7 heteroatoms. The molecule has 3 aromatic heterocycles. The van der Waals surface area contributed by atoms with Gasteiger partial charge in [-0.15, -0.1) is 22.7 Å². The molecular formula is C17H19N3OS3. The van der Waals surface area contributed by atoms with Gasteiger partial charge in [0.25, 0.3) is 0 Å². The van der Waals surface area contributed by atoms with Crippen molar-refractivity contribution in [1.29, 1.82) is 0 Å². The summed E-state index contributed by atoms with van der Waals surface area (Å²) < 4.78 is 0. The van der Waals surface area contributed by atoms with E-state index in [4.69, 9.17) is 0 Å². The maximum absolute atomic E-state index is 12.3. The SMILES string of the molecule is Cc1nc(S[C@H](C)C(=O)NC(C)C)c2c(-c3cccs3)csc2n1. The minimum absolute atomic E-state index is 0.0346. The van der Waals surface area contributed by atoms with Crippen molar-refractivity contribution >= 4 is 50.6 Å². The van der Waals surface area contributed by atoms with Crippen molar-refractivity contribution in [2.75, 3.05) is 0 Å². The number of hydrogen-bond donors (Lipinski definition) is 1. The van der Waals surface area contributed by atoms with Gasteiger partial charge in [0, 0.05) is 21.9 Å². The van der Waals surface area contributed by atoms with E-state index in [-0.39, 0.29) is 17.2 Å². The van der Waals surface area contributed by atoms with E-state index < -0.39 is 0 Å². The van der Waals surface area contributed by atoms with Gasteiger partial charge >= 0.3 is 0 Å². The Morgan fingerprint density at radius 1 is 1.25 bits per heavy atom. The van der Waals surface area contributed by atoms with E-state index in [1.807, 2.05) is 33.8 Å². The van der Waals surface area contributed by atoms with Crippen LogP contribution in [0.3, 0.4) is 0 Å². The van der Waals surface area contributed by atoms with Gasteiger partial charge in [0.15, 0.2) is 0 Å². The van der Waals surface area contributed by atoms with E-state index in [1.54, 1.807) is 22.7 Å². The molecular weight excluding hydrogens is 358 g/mol. The lowest BCUT2D eigenvalue weighted by atomic mass is 10.2. The van der Waals surface area contributed by atoms with Gasteiger partial charge in [-0.1, -0.05) is 17.8 Å². The van der Waals surface area contributed by atoms with Gasteiger partial charge < -0.3 is 5.32 Å². The Kier molecular flexibility index (Phi) is 5.22. The molecule has 3 rings (SSSR count). The normalized spacial score (nSPS) is 12.7. The van der Waals surface area contributed by atoms with Crippen LogP contribution in [0.2, 0.25) is 0 Å². The topological polar surface area (TPSA) is 54.9 Å². The highest BCUT2D eigenvalue weighted by molar-refractivity contribution is 8.00. The van der Waals surface area contributed by atoms with Crippen molar-refractivity contribution < 1.29 is 4.79 Å². The van der Waals surface area contributed by atoms with Crippen LogP contribution in [0.25, 0.3) is 20.7 Å². The van der Waals surface area contributed by atoms with Crippen LogP contribution in [-0.4, -0.2) is 27.2 Å². The first-order chi connectivity index (χ1) is 11.5. The zero-order valence-electron chi connectivity index (χ0n) is 14.0. The zero-order chi connectivity index (χ0) is 17.3. The fraction of sp³-hybridized carbons (Fsp3) is 0.353. The molecule has 0 saturated heterocycles. The lowest BCUT2D eigenvalue weighted by Gasteiger charge is -2.14. The zero-order valence-corrected chi connectivity index (χ0v) is 16.4. The highest BCUT2D eigenvalue weighted by Crippen LogP contribution is 2.40. The maximum Gasteiger partial charge on any atom is 0.233 e. The number of aryl methyl sites for hydroxylation is 1. The summed E-state index contributed by atoms with van der Waals surface area (Å²) in [6, 6.07) is 4.29. The van der Waals surface area contributed by atoms with Crippen LogP contribution >= 0.6 is 34.4 Å². The molecule has 1 atom stereocenters. The van der Waals surface area contributed by atoms with Crippen LogP contribution in [0, 0.1) is 6.92 Å². The molecule has 0 radical (unpaired) electrons. The van der Waals surface area contributed by atoms with E-state index in [1.165, 1.54) is 16.6 Å². The molecule has 3 aromatic rings. The number of thioether (sulfide) groups is 1. The standard InChI is InChI=1S/C17H19N3OS3/c1-9(2)18-15(21)10(3)24-17-14-12(13-6-5-7-22-13)8-23-16(14)19-11(4)20-17/h5-10H,1-4H3,(H,18,21)/t10-/m1/s1. The molecule has 0 aliphatic carbocycles. The molecule has 0 bridgehead atoms. The minimum atomic E-state index is -0.207. The predicted octanol–water partition coefficient (Wildman–Crippen LogP) is 4.73.